The molecule has 3 rings (SSSR count). The molecule has 1 aliphatic rings. The van der Waals surface area contributed by atoms with Crippen molar-refractivity contribution in [3.05, 3.63) is 84.5 Å². The van der Waals surface area contributed by atoms with Crippen LogP contribution < -0.4 is 4.74 Å². The number of phenols is 1. The first-order chi connectivity index (χ1) is 10.2. The molecule has 21 heavy (non-hydrogen) atoms. The Morgan fingerprint density at radius 3 is 2.33 bits per heavy atom. The maximum Gasteiger partial charge on any atom is 0.185 e. The molecule has 3 heteroatoms. The number of aromatic hydroxyl groups is 1. The lowest BCUT2D eigenvalue weighted by Gasteiger charge is -2.36. The van der Waals surface area contributed by atoms with Crippen molar-refractivity contribution in [1.82, 2.24) is 0 Å². The summed E-state index contributed by atoms with van der Waals surface area (Å²) in [7, 11) is 0. The SMILES string of the molecule is Oc1ccccc1C1(Oc2ccccc2)C=CC=CC1O. The second-order valence-electron chi connectivity index (χ2n) is 4.91. The normalized spacial score (nSPS) is 24.0. The molecule has 2 aromatic rings. The molecule has 3 nitrogen and oxygen atoms in total. The van der Waals surface area contributed by atoms with E-state index >= 15 is 0 Å². The first-order valence-corrected chi connectivity index (χ1v) is 6.79. The van der Waals surface area contributed by atoms with Crippen molar-refractivity contribution in [3.63, 3.8) is 0 Å². The Morgan fingerprint density at radius 2 is 1.62 bits per heavy atom. The van der Waals surface area contributed by atoms with E-state index in [0.29, 0.717) is 11.3 Å². The second-order valence-corrected chi connectivity index (χ2v) is 4.91. The minimum atomic E-state index is -1.14. The Labute approximate surface area is 123 Å². The molecule has 0 heterocycles. The number of rotatable bonds is 3. The number of benzene rings is 2. The van der Waals surface area contributed by atoms with Gasteiger partial charge in [0.25, 0.3) is 0 Å². The van der Waals surface area contributed by atoms with E-state index in [0.717, 1.165) is 0 Å². The fourth-order valence-electron chi connectivity index (χ4n) is 2.50. The average molecular weight is 280 g/mol. The van der Waals surface area contributed by atoms with Crippen molar-refractivity contribution < 1.29 is 14.9 Å². The molecule has 0 aromatic heterocycles. The number of hydrogen-bond acceptors (Lipinski definition) is 3. The Hall–Kier alpha value is -2.52. The minimum Gasteiger partial charge on any atom is -0.508 e. The first kappa shape index (κ1) is 13.5. The summed E-state index contributed by atoms with van der Waals surface area (Å²) in [5.41, 5.74) is -0.608. The zero-order chi connectivity index (χ0) is 14.7. The molecule has 0 saturated heterocycles. The average Bonchev–Trinajstić information content (AvgIpc) is 2.51. The summed E-state index contributed by atoms with van der Waals surface area (Å²) in [6, 6.07) is 16.2. The fourth-order valence-corrected chi connectivity index (χ4v) is 2.50. The van der Waals surface area contributed by atoms with Crippen molar-refractivity contribution in [2.75, 3.05) is 0 Å². The van der Waals surface area contributed by atoms with Crippen LogP contribution in [0.1, 0.15) is 5.56 Å². The Kier molecular flexibility index (Phi) is 3.50. The van der Waals surface area contributed by atoms with Gasteiger partial charge in [-0.25, -0.2) is 0 Å². The Balaban J connectivity index is 2.10. The molecule has 0 saturated carbocycles. The van der Waals surface area contributed by atoms with Gasteiger partial charge in [0, 0.05) is 5.56 Å². The van der Waals surface area contributed by atoms with Gasteiger partial charge >= 0.3 is 0 Å². The molecular weight excluding hydrogens is 264 g/mol. The topological polar surface area (TPSA) is 49.7 Å². The Morgan fingerprint density at radius 1 is 0.905 bits per heavy atom. The molecule has 0 aliphatic heterocycles. The Bertz CT molecular complexity index is 676. The van der Waals surface area contributed by atoms with Gasteiger partial charge in [-0.2, -0.15) is 0 Å². The van der Waals surface area contributed by atoms with Crippen LogP contribution in [0, 0.1) is 0 Å². The van der Waals surface area contributed by atoms with Crippen LogP contribution in [0.2, 0.25) is 0 Å². The zero-order valence-corrected chi connectivity index (χ0v) is 11.4. The highest BCUT2D eigenvalue weighted by Crippen LogP contribution is 2.39. The molecule has 2 unspecified atom stereocenters. The minimum absolute atomic E-state index is 0.0902. The highest BCUT2D eigenvalue weighted by molar-refractivity contribution is 5.45. The van der Waals surface area contributed by atoms with E-state index in [1.807, 2.05) is 42.5 Å². The quantitative estimate of drug-likeness (QED) is 0.908. The van der Waals surface area contributed by atoms with E-state index in [9.17, 15) is 10.2 Å². The zero-order valence-electron chi connectivity index (χ0n) is 11.4. The van der Waals surface area contributed by atoms with Crippen LogP contribution in [-0.4, -0.2) is 16.3 Å². The monoisotopic (exact) mass is 280 g/mol. The number of para-hydroxylation sites is 2. The standard InChI is InChI=1S/C18H16O3/c19-16-11-5-4-10-15(16)18(13-7-6-12-17(18)20)21-14-8-2-1-3-9-14/h1-13,17,19-20H. The van der Waals surface area contributed by atoms with Gasteiger partial charge in [0.1, 0.15) is 17.6 Å². The number of hydrogen-bond donors (Lipinski definition) is 2. The molecule has 0 bridgehead atoms. The van der Waals surface area contributed by atoms with Crippen LogP contribution in [0.25, 0.3) is 0 Å². The summed E-state index contributed by atoms with van der Waals surface area (Å²) in [5, 5.41) is 20.7. The molecule has 2 N–H and O–H groups in total. The first-order valence-electron chi connectivity index (χ1n) is 6.79. The molecule has 0 radical (unpaired) electrons. The number of allylic oxidation sites excluding steroid dienone is 2. The summed E-state index contributed by atoms with van der Waals surface area (Å²) in [4.78, 5) is 0. The number of aliphatic hydroxyl groups is 1. The lowest BCUT2D eigenvalue weighted by atomic mass is 9.84. The summed E-state index contributed by atoms with van der Waals surface area (Å²) in [6.45, 7) is 0. The lowest BCUT2D eigenvalue weighted by Crippen LogP contribution is -2.43. The fraction of sp³-hybridized carbons (Fsp3) is 0.111. The maximum absolute atomic E-state index is 10.5. The van der Waals surface area contributed by atoms with Crippen molar-refractivity contribution >= 4 is 0 Å². The van der Waals surface area contributed by atoms with Crippen molar-refractivity contribution in [2.24, 2.45) is 0 Å². The molecular formula is C18H16O3. The number of aliphatic hydroxyl groups excluding tert-OH is 1. The van der Waals surface area contributed by atoms with E-state index in [-0.39, 0.29) is 5.75 Å². The third kappa shape index (κ3) is 2.43. The van der Waals surface area contributed by atoms with Crippen LogP contribution in [0.4, 0.5) is 0 Å². The molecule has 106 valence electrons. The second kappa shape index (κ2) is 5.46. The van der Waals surface area contributed by atoms with E-state index in [2.05, 4.69) is 0 Å². The lowest BCUT2D eigenvalue weighted by molar-refractivity contribution is 0.000215. The van der Waals surface area contributed by atoms with Crippen molar-refractivity contribution in [2.45, 2.75) is 11.7 Å². The van der Waals surface area contributed by atoms with E-state index in [1.54, 1.807) is 36.4 Å². The molecule has 0 spiro atoms. The summed E-state index contributed by atoms with van der Waals surface area (Å²) < 4.78 is 6.07. The molecule has 1 aliphatic carbocycles. The van der Waals surface area contributed by atoms with E-state index in [1.165, 1.54) is 0 Å². The van der Waals surface area contributed by atoms with Crippen LogP contribution in [-0.2, 0) is 5.60 Å². The van der Waals surface area contributed by atoms with Crippen molar-refractivity contribution in [1.29, 1.82) is 0 Å². The molecule has 0 amide bonds. The van der Waals surface area contributed by atoms with Crippen LogP contribution >= 0.6 is 0 Å². The summed E-state index contributed by atoms with van der Waals surface area (Å²) >= 11 is 0. The third-order valence-corrected chi connectivity index (χ3v) is 3.54. The largest absolute Gasteiger partial charge is 0.508 e. The molecule has 0 fully saturated rings. The smallest absolute Gasteiger partial charge is 0.185 e. The van der Waals surface area contributed by atoms with Gasteiger partial charge in [0.2, 0.25) is 0 Å². The van der Waals surface area contributed by atoms with Gasteiger partial charge in [0.15, 0.2) is 5.60 Å². The van der Waals surface area contributed by atoms with Crippen LogP contribution in [0.3, 0.4) is 0 Å². The van der Waals surface area contributed by atoms with E-state index in [4.69, 9.17) is 4.74 Å². The predicted molar refractivity (Wildman–Crippen MR) is 81.1 cm³/mol. The molecule has 2 atom stereocenters. The number of phenolic OH excluding ortho intramolecular Hbond substituents is 1. The number of ether oxygens (including phenoxy) is 1. The third-order valence-electron chi connectivity index (χ3n) is 3.54. The van der Waals surface area contributed by atoms with Crippen molar-refractivity contribution in [3.8, 4) is 11.5 Å². The predicted octanol–water partition coefficient (Wildman–Crippen LogP) is 3.15. The van der Waals surface area contributed by atoms with Gasteiger partial charge in [-0.1, -0.05) is 54.6 Å². The van der Waals surface area contributed by atoms with Crippen LogP contribution in [0.5, 0.6) is 11.5 Å². The van der Waals surface area contributed by atoms with Gasteiger partial charge in [-0.15, -0.1) is 0 Å². The van der Waals surface area contributed by atoms with E-state index < -0.39 is 11.7 Å². The maximum atomic E-state index is 10.5. The van der Waals surface area contributed by atoms with Gasteiger partial charge in [-0.3, -0.25) is 0 Å². The van der Waals surface area contributed by atoms with Crippen LogP contribution in [0.15, 0.2) is 78.9 Å². The highest BCUT2D eigenvalue weighted by Gasteiger charge is 2.41. The summed E-state index contributed by atoms with van der Waals surface area (Å²) in [5.74, 6) is 0.715. The van der Waals surface area contributed by atoms with Gasteiger partial charge in [0.05, 0.1) is 0 Å². The molecule has 2 aromatic carbocycles. The summed E-state index contributed by atoms with van der Waals surface area (Å²) in [6.07, 6.45) is 6.09. The van der Waals surface area contributed by atoms with Gasteiger partial charge in [-0.05, 0) is 24.3 Å². The van der Waals surface area contributed by atoms with Gasteiger partial charge < -0.3 is 14.9 Å². The highest BCUT2D eigenvalue weighted by atomic mass is 16.5.